The first-order valence-electron chi connectivity index (χ1n) is 8.96. The second-order valence-electron chi connectivity index (χ2n) is 7.15. The first-order valence-corrected chi connectivity index (χ1v) is 10.4. The van der Waals surface area contributed by atoms with Crippen LogP contribution in [0.4, 0.5) is 5.95 Å². The Kier molecular flexibility index (Phi) is 5.29. The Morgan fingerprint density at radius 2 is 1.96 bits per heavy atom. The predicted molar refractivity (Wildman–Crippen MR) is 108 cm³/mol. The third kappa shape index (κ3) is 4.17. The summed E-state index contributed by atoms with van der Waals surface area (Å²) in [7, 11) is 0. The number of rotatable bonds is 5. The molecule has 2 aliphatic carbocycles. The fraction of sp³-hybridized carbons (Fsp3) is 0.611. The second-order valence-corrected chi connectivity index (χ2v) is 8.59. The van der Waals surface area contributed by atoms with Gasteiger partial charge in [-0.2, -0.15) is 0 Å². The summed E-state index contributed by atoms with van der Waals surface area (Å²) in [6.45, 7) is 2.91. The summed E-state index contributed by atoms with van der Waals surface area (Å²) >= 11 is 8.50. The van der Waals surface area contributed by atoms with Crippen LogP contribution in [0.5, 0.6) is 0 Å². The molecule has 7 heteroatoms. The molecule has 2 aromatic rings. The van der Waals surface area contributed by atoms with Crippen molar-refractivity contribution in [2.75, 3.05) is 11.9 Å². The van der Waals surface area contributed by atoms with Crippen molar-refractivity contribution in [1.82, 2.24) is 15.0 Å². The van der Waals surface area contributed by atoms with Crippen molar-refractivity contribution in [2.45, 2.75) is 57.6 Å². The largest absolute Gasteiger partial charge is 0.378 e. The molecule has 2 aromatic heterocycles. The van der Waals surface area contributed by atoms with Crippen LogP contribution in [0.1, 0.15) is 44.2 Å². The molecule has 0 bridgehead atoms. The molecule has 0 atom stereocenters. The monoisotopic (exact) mass is 472 g/mol. The lowest BCUT2D eigenvalue weighted by Crippen LogP contribution is -2.30. The van der Waals surface area contributed by atoms with Crippen molar-refractivity contribution < 1.29 is 4.74 Å². The number of anilines is 1. The molecule has 0 saturated heterocycles. The molecule has 2 saturated carbocycles. The van der Waals surface area contributed by atoms with Crippen molar-refractivity contribution in [3.05, 3.63) is 20.6 Å². The number of fused-ring (bicyclic) bond motifs is 1. The van der Waals surface area contributed by atoms with Crippen molar-refractivity contribution >= 4 is 51.0 Å². The Balaban J connectivity index is 1.40. The number of hydrogen-bond acceptors (Lipinski definition) is 5. The number of aromatic nitrogens is 3. The standard InChI is InChI=1S/C18H22ClIN4O/c1-10-15(20)16-14(17(19)22-10)8-21-18(24-16)23-12-4-6-13(7-5-12)25-9-11-2-3-11/h8,11-13H,2-7,9H2,1H3,(H,21,23,24). The van der Waals surface area contributed by atoms with Gasteiger partial charge in [0.25, 0.3) is 0 Å². The summed E-state index contributed by atoms with van der Waals surface area (Å²) in [5.41, 5.74) is 1.77. The van der Waals surface area contributed by atoms with Gasteiger partial charge in [-0.1, -0.05) is 11.6 Å². The number of hydrogen-bond donors (Lipinski definition) is 1. The minimum atomic E-state index is 0.411. The van der Waals surface area contributed by atoms with E-state index >= 15 is 0 Å². The summed E-state index contributed by atoms with van der Waals surface area (Å²) in [6.07, 6.45) is 9.35. The Hall–Kier alpha value is -0.730. The van der Waals surface area contributed by atoms with E-state index in [0.29, 0.717) is 23.2 Å². The summed E-state index contributed by atoms with van der Waals surface area (Å²) in [6, 6.07) is 0.411. The van der Waals surface area contributed by atoms with Gasteiger partial charge in [-0.05, 0) is 74.0 Å². The summed E-state index contributed by atoms with van der Waals surface area (Å²) in [4.78, 5) is 13.5. The van der Waals surface area contributed by atoms with E-state index in [1.165, 1.54) is 12.8 Å². The van der Waals surface area contributed by atoms with Crippen LogP contribution < -0.4 is 5.32 Å². The molecule has 0 amide bonds. The maximum atomic E-state index is 6.22. The van der Waals surface area contributed by atoms with E-state index in [4.69, 9.17) is 21.3 Å². The average molecular weight is 473 g/mol. The van der Waals surface area contributed by atoms with E-state index in [9.17, 15) is 0 Å². The zero-order valence-electron chi connectivity index (χ0n) is 14.3. The number of pyridine rings is 1. The van der Waals surface area contributed by atoms with Gasteiger partial charge in [0.05, 0.1) is 26.3 Å². The second kappa shape index (κ2) is 7.48. The van der Waals surface area contributed by atoms with Crippen LogP contribution in [0, 0.1) is 16.4 Å². The number of halogens is 2. The summed E-state index contributed by atoms with van der Waals surface area (Å²) in [5, 5.41) is 4.76. The maximum Gasteiger partial charge on any atom is 0.223 e. The van der Waals surface area contributed by atoms with Crippen molar-refractivity contribution in [3.63, 3.8) is 0 Å². The highest BCUT2D eigenvalue weighted by atomic mass is 127. The van der Waals surface area contributed by atoms with Gasteiger partial charge in [-0.15, -0.1) is 0 Å². The molecule has 0 unspecified atom stereocenters. The molecule has 1 N–H and O–H groups in total. The molecule has 2 aliphatic rings. The number of nitrogens with zero attached hydrogens (tertiary/aromatic N) is 3. The van der Waals surface area contributed by atoms with E-state index in [0.717, 1.165) is 58.4 Å². The lowest BCUT2D eigenvalue weighted by atomic mass is 9.93. The average Bonchev–Trinajstić information content (AvgIpc) is 3.43. The van der Waals surface area contributed by atoms with Crippen LogP contribution in [-0.2, 0) is 4.74 Å². The van der Waals surface area contributed by atoms with Crippen LogP contribution >= 0.6 is 34.2 Å². The van der Waals surface area contributed by atoms with Gasteiger partial charge >= 0.3 is 0 Å². The molecule has 0 radical (unpaired) electrons. The first-order chi connectivity index (χ1) is 12.1. The predicted octanol–water partition coefficient (Wildman–Crippen LogP) is 4.74. The van der Waals surface area contributed by atoms with Crippen LogP contribution in [0.2, 0.25) is 5.15 Å². The van der Waals surface area contributed by atoms with Gasteiger partial charge < -0.3 is 10.1 Å². The highest BCUT2D eigenvalue weighted by molar-refractivity contribution is 14.1. The number of nitrogens with one attached hydrogen (secondary N) is 1. The molecule has 0 aromatic carbocycles. The van der Waals surface area contributed by atoms with E-state index in [1.54, 1.807) is 6.20 Å². The van der Waals surface area contributed by atoms with Crippen LogP contribution in [0.15, 0.2) is 6.20 Å². The van der Waals surface area contributed by atoms with Crippen LogP contribution in [0.25, 0.3) is 10.9 Å². The summed E-state index contributed by atoms with van der Waals surface area (Å²) < 4.78 is 7.05. The van der Waals surface area contributed by atoms with Crippen LogP contribution in [0.3, 0.4) is 0 Å². The van der Waals surface area contributed by atoms with Crippen molar-refractivity contribution in [1.29, 1.82) is 0 Å². The smallest absolute Gasteiger partial charge is 0.223 e. The summed E-state index contributed by atoms with van der Waals surface area (Å²) in [5.74, 6) is 1.52. The van der Waals surface area contributed by atoms with E-state index in [1.807, 2.05) is 6.92 Å². The van der Waals surface area contributed by atoms with Gasteiger partial charge in [0.1, 0.15) is 5.15 Å². The SMILES string of the molecule is Cc1nc(Cl)c2cnc(NC3CCC(OCC4CC4)CC3)nc2c1I. The molecular formula is C18H22ClIN4O. The first kappa shape index (κ1) is 17.7. The Morgan fingerprint density at radius 1 is 1.20 bits per heavy atom. The zero-order chi connectivity index (χ0) is 17.4. The normalized spacial score (nSPS) is 23.8. The topological polar surface area (TPSA) is 59.9 Å². The molecular weight excluding hydrogens is 451 g/mol. The fourth-order valence-corrected chi connectivity index (χ4v) is 4.11. The fourth-order valence-electron chi connectivity index (χ4n) is 3.31. The highest BCUT2D eigenvalue weighted by Gasteiger charge is 2.26. The highest BCUT2D eigenvalue weighted by Crippen LogP contribution is 2.32. The van der Waals surface area contributed by atoms with E-state index in [-0.39, 0.29) is 0 Å². The minimum Gasteiger partial charge on any atom is -0.378 e. The Labute approximate surface area is 166 Å². The maximum absolute atomic E-state index is 6.22. The molecule has 4 rings (SSSR count). The molecule has 0 spiro atoms. The Bertz CT molecular complexity index is 775. The van der Waals surface area contributed by atoms with Gasteiger partial charge in [0, 0.05) is 18.8 Å². The van der Waals surface area contributed by atoms with Crippen LogP contribution in [-0.4, -0.2) is 33.7 Å². The molecule has 5 nitrogen and oxygen atoms in total. The van der Waals surface area contributed by atoms with E-state index in [2.05, 4.69) is 37.9 Å². The lowest BCUT2D eigenvalue weighted by Gasteiger charge is -2.29. The number of ether oxygens (including phenoxy) is 1. The molecule has 0 aliphatic heterocycles. The van der Waals surface area contributed by atoms with Gasteiger partial charge in [0.2, 0.25) is 5.95 Å². The minimum absolute atomic E-state index is 0.411. The van der Waals surface area contributed by atoms with Gasteiger partial charge in [-0.3, -0.25) is 0 Å². The molecule has 2 heterocycles. The molecule has 2 fully saturated rings. The number of aryl methyl sites for hydroxylation is 1. The third-order valence-corrected chi connectivity index (χ3v) is 6.65. The van der Waals surface area contributed by atoms with Crippen molar-refractivity contribution in [3.8, 4) is 0 Å². The van der Waals surface area contributed by atoms with Gasteiger partial charge in [0.15, 0.2) is 0 Å². The quantitative estimate of drug-likeness (QED) is 0.503. The zero-order valence-corrected chi connectivity index (χ0v) is 17.2. The van der Waals surface area contributed by atoms with Gasteiger partial charge in [-0.25, -0.2) is 15.0 Å². The lowest BCUT2D eigenvalue weighted by molar-refractivity contribution is 0.0203. The Morgan fingerprint density at radius 3 is 2.68 bits per heavy atom. The molecule has 134 valence electrons. The molecule has 25 heavy (non-hydrogen) atoms. The van der Waals surface area contributed by atoms with E-state index < -0.39 is 0 Å². The third-order valence-electron chi connectivity index (χ3n) is 5.07. The van der Waals surface area contributed by atoms with Crippen molar-refractivity contribution in [2.24, 2.45) is 5.92 Å².